The van der Waals surface area contributed by atoms with Crippen molar-refractivity contribution in [2.24, 2.45) is 0 Å². The van der Waals surface area contributed by atoms with E-state index in [0.717, 1.165) is 5.75 Å². The van der Waals surface area contributed by atoms with Gasteiger partial charge in [-0.3, -0.25) is 4.79 Å². The Kier molecular flexibility index (Phi) is 5.13. The first-order valence-corrected chi connectivity index (χ1v) is 9.27. The highest BCUT2D eigenvalue weighted by Gasteiger charge is 2.12. The van der Waals surface area contributed by atoms with Crippen molar-refractivity contribution < 1.29 is 4.74 Å². The molecular formula is C20H22N2O2S. The van der Waals surface area contributed by atoms with Crippen LogP contribution in [0.5, 0.6) is 5.75 Å². The quantitative estimate of drug-likeness (QED) is 0.419. The summed E-state index contributed by atoms with van der Waals surface area (Å²) < 4.78 is 5.77. The lowest BCUT2D eigenvalue weighted by Crippen LogP contribution is -2.11. The summed E-state index contributed by atoms with van der Waals surface area (Å²) in [5, 5.41) is 1.23. The molecule has 1 N–H and O–H groups in total. The molecule has 0 radical (unpaired) electrons. The van der Waals surface area contributed by atoms with Crippen LogP contribution in [-0.2, 0) is 5.41 Å². The molecule has 1 aromatic heterocycles. The Morgan fingerprint density at radius 1 is 1.08 bits per heavy atom. The minimum atomic E-state index is -0.105. The van der Waals surface area contributed by atoms with Crippen molar-refractivity contribution in [2.45, 2.75) is 31.3 Å². The first-order chi connectivity index (χ1) is 11.9. The average Bonchev–Trinajstić information content (AvgIpc) is 2.58. The van der Waals surface area contributed by atoms with Gasteiger partial charge in [0.2, 0.25) is 0 Å². The van der Waals surface area contributed by atoms with Crippen LogP contribution in [0.15, 0.2) is 58.5 Å². The predicted octanol–water partition coefficient (Wildman–Crippen LogP) is 4.39. The molecule has 2 aromatic carbocycles. The van der Waals surface area contributed by atoms with E-state index in [1.54, 1.807) is 6.07 Å². The van der Waals surface area contributed by atoms with Crippen LogP contribution in [0.4, 0.5) is 0 Å². The zero-order chi connectivity index (χ0) is 17.9. The van der Waals surface area contributed by atoms with Crippen LogP contribution in [0.1, 0.15) is 26.3 Å². The van der Waals surface area contributed by atoms with Gasteiger partial charge in [0.15, 0.2) is 5.16 Å². The fraction of sp³-hybridized carbons (Fsp3) is 0.300. The zero-order valence-corrected chi connectivity index (χ0v) is 15.5. The molecule has 1 heterocycles. The van der Waals surface area contributed by atoms with Gasteiger partial charge in [0, 0.05) is 5.75 Å². The summed E-state index contributed by atoms with van der Waals surface area (Å²) in [6.07, 6.45) is 0. The molecule has 0 spiro atoms. The van der Waals surface area contributed by atoms with Crippen LogP contribution in [0, 0.1) is 0 Å². The molecule has 0 aliphatic heterocycles. The Hall–Kier alpha value is -2.27. The molecule has 0 saturated heterocycles. The SMILES string of the molecule is CC(C)(C)c1ccc(OCCSc2nc3ccccc3c(=O)[nH]2)cc1. The monoisotopic (exact) mass is 354 g/mol. The first-order valence-electron chi connectivity index (χ1n) is 8.29. The minimum Gasteiger partial charge on any atom is -0.493 e. The largest absolute Gasteiger partial charge is 0.493 e. The van der Waals surface area contributed by atoms with Crippen molar-refractivity contribution in [3.8, 4) is 5.75 Å². The van der Waals surface area contributed by atoms with Gasteiger partial charge in [0.1, 0.15) is 5.75 Å². The van der Waals surface area contributed by atoms with Crippen molar-refractivity contribution in [1.29, 1.82) is 0 Å². The zero-order valence-electron chi connectivity index (χ0n) is 14.7. The number of para-hydroxylation sites is 1. The van der Waals surface area contributed by atoms with E-state index in [1.807, 2.05) is 30.3 Å². The molecule has 0 atom stereocenters. The Morgan fingerprint density at radius 3 is 2.52 bits per heavy atom. The molecule has 4 nitrogen and oxygen atoms in total. The molecule has 0 saturated carbocycles. The van der Waals surface area contributed by atoms with Gasteiger partial charge in [-0.05, 0) is 35.2 Å². The number of aromatic amines is 1. The van der Waals surface area contributed by atoms with E-state index in [4.69, 9.17) is 4.74 Å². The van der Waals surface area contributed by atoms with E-state index in [0.29, 0.717) is 28.4 Å². The van der Waals surface area contributed by atoms with Gasteiger partial charge in [-0.15, -0.1) is 0 Å². The number of nitrogens with one attached hydrogen (secondary N) is 1. The second-order valence-electron chi connectivity index (χ2n) is 6.86. The van der Waals surface area contributed by atoms with E-state index in [-0.39, 0.29) is 11.0 Å². The maximum Gasteiger partial charge on any atom is 0.259 e. The Bertz CT molecular complexity index is 911. The standard InChI is InChI=1S/C20H22N2O2S/c1-20(2,3)14-8-10-15(11-9-14)24-12-13-25-19-21-17-7-5-4-6-16(17)18(23)22-19/h4-11H,12-13H2,1-3H3,(H,21,22,23). The topological polar surface area (TPSA) is 55.0 Å². The van der Waals surface area contributed by atoms with Gasteiger partial charge < -0.3 is 9.72 Å². The molecular weight excluding hydrogens is 332 g/mol. The molecule has 3 aromatic rings. The number of thioether (sulfide) groups is 1. The van der Waals surface area contributed by atoms with Crippen LogP contribution in [-0.4, -0.2) is 22.3 Å². The minimum absolute atomic E-state index is 0.105. The maximum absolute atomic E-state index is 12.0. The Balaban J connectivity index is 1.56. The van der Waals surface area contributed by atoms with Gasteiger partial charge in [-0.2, -0.15) is 0 Å². The lowest BCUT2D eigenvalue weighted by Gasteiger charge is -2.19. The summed E-state index contributed by atoms with van der Waals surface area (Å²) in [4.78, 5) is 19.3. The van der Waals surface area contributed by atoms with Crippen LogP contribution in [0.25, 0.3) is 10.9 Å². The second-order valence-corrected chi connectivity index (χ2v) is 7.94. The van der Waals surface area contributed by atoms with Crippen LogP contribution < -0.4 is 10.3 Å². The molecule has 0 amide bonds. The molecule has 0 aliphatic rings. The van der Waals surface area contributed by atoms with Crippen molar-refractivity contribution in [1.82, 2.24) is 9.97 Å². The predicted molar refractivity (Wildman–Crippen MR) is 104 cm³/mol. The average molecular weight is 354 g/mol. The highest BCUT2D eigenvalue weighted by atomic mass is 32.2. The number of fused-ring (bicyclic) bond motifs is 1. The molecule has 0 unspecified atom stereocenters. The van der Waals surface area contributed by atoms with E-state index in [9.17, 15) is 4.79 Å². The maximum atomic E-state index is 12.0. The number of aromatic nitrogens is 2. The lowest BCUT2D eigenvalue weighted by atomic mass is 9.87. The highest BCUT2D eigenvalue weighted by molar-refractivity contribution is 7.99. The van der Waals surface area contributed by atoms with Crippen molar-refractivity contribution in [3.05, 3.63) is 64.4 Å². The number of hydrogen-bond acceptors (Lipinski definition) is 4. The van der Waals surface area contributed by atoms with E-state index >= 15 is 0 Å². The molecule has 0 aliphatic carbocycles. The summed E-state index contributed by atoms with van der Waals surface area (Å²) in [7, 11) is 0. The smallest absolute Gasteiger partial charge is 0.259 e. The number of H-pyrrole nitrogens is 1. The van der Waals surface area contributed by atoms with E-state index in [1.165, 1.54) is 17.3 Å². The lowest BCUT2D eigenvalue weighted by molar-refractivity contribution is 0.343. The molecule has 25 heavy (non-hydrogen) atoms. The number of benzene rings is 2. The van der Waals surface area contributed by atoms with Gasteiger partial charge in [-0.25, -0.2) is 4.98 Å². The third-order valence-electron chi connectivity index (χ3n) is 3.90. The van der Waals surface area contributed by atoms with Crippen molar-refractivity contribution in [2.75, 3.05) is 12.4 Å². The third kappa shape index (κ3) is 4.42. The molecule has 0 bridgehead atoms. The summed E-state index contributed by atoms with van der Waals surface area (Å²) >= 11 is 1.48. The van der Waals surface area contributed by atoms with E-state index < -0.39 is 0 Å². The Labute approximate surface area is 151 Å². The van der Waals surface area contributed by atoms with Gasteiger partial charge in [-0.1, -0.05) is 56.8 Å². The van der Waals surface area contributed by atoms with Crippen molar-refractivity contribution in [3.63, 3.8) is 0 Å². The molecule has 3 rings (SSSR count). The molecule has 5 heteroatoms. The summed E-state index contributed by atoms with van der Waals surface area (Å²) in [5.74, 6) is 1.57. The number of rotatable bonds is 5. The third-order valence-corrected chi connectivity index (χ3v) is 4.74. The van der Waals surface area contributed by atoms with Gasteiger partial charge in [0.05, 0.1) is 17.5 Å². The second kappa shape index (κ2) is 7.31. The Morgan fingerprint density at radius 2 is 1.80 bits per heavy atom. The summed E-state index contributed by atoms with van der Waals surface area (Å²) in [5.41, 5.74) is 2.04. The molecule has 130 valence electrons. The fourth-order valence-electron chi connectivity index (χ4n) is 2.48. The number of ether oxygens (including phenoxy) is 1. The fourth-order valence-corrected chi connectivity index (χ4v) is 3.17. The molecule has 0 fully saturated rings. The van der Waals surface area contributed by atoms with Gasteiger partial charge >= 0.3 is 0 Å². The van der Waals surface area contributed by atoms with Crippen molar-refractivity contribution >= 4 is 22.7 Å². The summed E-state index contributed by atoms with van der Waals surface area (Å²) in [6.45, 7) is 7.13. The number of nitrogens with zero attached hydrogens (tertiary/aromatic N) is 1. The number of hydrogen-bond donors (Lipinski definition) is 1. The highest BCUT2D eigenvalue weighted by Crippen LogP contribution is 2.24. The van der Waals surface area contributed by atoms with Crippen LogP contribution >= 0.6 is 11.8 Å². The van der Waals surface area contributed by atoms with E-state index in [2.05, 4.69) is 42.9 Å². The van der Waals surface area contributed by atoms with Gasteiger partial charge in [0.25, 0.3) is 5.56 Å². The summed E-state index contributed by atoms with van der Waals surface area (Å²) in [6, 6.07) is 15.6. The van der Waals surface area contributed by atoms with Crippen LogP contribution in [0.2, 0.25) is 0 Å². The van der Waals surface area contributed by atoms with Crippen LogP contribution in [0.3, 0.4) is 0 Å². The first kappa shape index (κ1) is 17.5. The normalized spacial score (nSPS) is 11.6.